The van der Waals surface area contributed by atoms with E-state index in [9.17, 15) is 26.0 Å². The van der Waals surface area contributed by atoms with Gasteiger partial charge >= 0.3 is 6.18 Å². The Morgan fingerprint density at radius 1 is 1.16 bits per heavy atom. The lowest BCUT2D eigenvalue weighted by molar-refractivity contribution is -0.137. The van der Waals surface area contributed by atoms with Gasteiger partial charge in [0.05, 0.1) is 27.7 Å². The summed E-state index contributed by atoms with van der Waals surface area (Å²) in [6, 6.07) is 12.0. The average molecular weight is 555 g/mol. The minimum atomic E-state index is -4.72. The van der Waals surface area contributed by atoms with Crippen LogP contribution in [0.1, 0.15) is 30.5 Å². The first-order chi connectivity index (χ1) is 17.3. The van der Waals surface area contributed by atoms with Crippen molar-refractivity contribution >= 4 is 39.0 Å². The Bertz CT molecular complexity index is 1450. The Morgan fingerprint density at radius 2 is 1.86 bits per heavy atom. The first-order valence-corrected chi connectivity index (χ1v) is 13.0. The van der Waals surface area contributed by atoms with E-state index in [-0.39, 0.29) is 28.6 Å². The molecule has 11 heteroatoms. The molecular weight excluding hydrogens is 532 g/mol. The van der Waals surface area contributed by atoms with Crippen LogP contribution in [-0.2, 0) is 16.2 Å². The van der Waals surface area contributed by atoms with E-state index in [0.29, 0.717) is 17.2 Å². The van der Waals surface area contributed by atoms with E-state index < -0.39 is 44.6 Å². The molecule has 1 aliphatic heterocycles. The highest BCUT2D eigenvalue weighted by Gasteiger charge is 2.38. The Morgan fingerprint density at radius 3 is 2.51 bits per heavy atom. The van der Waals surface area contributed by atoms with Gasteiger partial charge in [-0.2, -0.15) is 13.2 Å². The van der Waals surface area contributed by atoms with Crippen LogP contribution in [0.2, 0.25) is 5.02 Å². The molecule has 0 saturated carbocycles. The molecule has 5 nitrogen and oxygen atoms in total. The zero-order valence-electron chi connectivity index (χ0n) is 19.8. The van der Waals surface area contributed by atoms with Crippen molar-refractivity contribution in [3.05, 3.63) is 88.2 Å². The Balaban J connectivity index is 1.82. The van der Waals surface area contributed by atoms with Gasteiger partial charge in [0, 0.05) is 11.6 Å². The van der Waals surface area contributed by atoms with Crippen molar-refractivity contribution in [1.29, 1.82) is 0 Å². The van der Waals surface area contributed by atoms with E-state index in [2.05, 4.69) is 0 Å². The number of benzene rings is 3. The molecule has 0 aliphatic carbocycles. The van der Waals surface area contributed by atoms with E-state index in [0.717, 1.165) is 22.5 Å². The predicted molar refractivity (Wildman–Crippen MR) is 135 cm³/mol. The minimum Gasteiger partial charge on any atom is -0.485 e. The van der Waals surface area contributed by atoms with Crippen LogP contribution in [0.4, 0.5) is 23.2 Å². The van der Waals surface area contributed by atoms with Gasteiger partial charge in [-0.05, 0) is 67.4 Å². The normalized spacial score (nSPS) is 17.2. The van der Waals surface area contributed by atoms with Gasteiger partial charge in [-0.25, -0.2) is 12.8 Å². The molecule has 0 radical (unpaired) electrons. The highest BCUT2D eigenvalue weighted by molar-refractivity contribution is 7.92. The van der Waals surface area contributed by atoms with Crippen molar-refractivity contribution in [2.24, 2.45) is 5.73 Å². The van der Waals surface area contributed by atoms with Crippen LogP contribution >= 0.6 is 11.6 Å². The predicted octanol–water partition coefficient (Wildman–Crippen LogP) is 6.36. The van der Waals surface area contributed by atoms with E-state index in [1.807, 2.05) is 0 Å². The van der Waals surface area contributed by atoms with Gasteiger partial charge in [-0.1, -0.05) is 35.9 Å². The molecule has 0 aromatic heterocycles. The fourth-order valence-electron chi connectivity index (χ4n) is 4.04. The molecular formula is C26H23ClF4N2O3S. The lowest BCUT2D eigenvalue weighted by Gasteiger charge is -2.37. The Labute approximate surface area is 217 Å². The van der Waals surface area contributed by atoms with E-state index in [1.165, 1.54) is 18.2 Å². The highest BCUT2D eigenvalue weighted by Crippen LogP contribution is 2.40. The number of nitrogens with zero attached hydrogens (tertiary/aromatic N) is 1. The lowest BCUT2D eigenvalue weighted by Crippen LogP contribution is -2.50. The van der Waals surface area contributed by atoms with Gasteiger partial charge in [0.15, 0.2) is 0 Å². The number of hydrogen-bond acceptors (Lipinski definition) is 4. The van der Waals surface area contributed by atoms with Crippen LogP contribution in [0.25, 0.3) is 11.6 Å². The average Bonchev–Trinajstić information content (AvgIpc) is 2.82. The summed E-state index contributed by atoms with van der Waals surface area (Å²) in [5.41, 5.74) is 6.21. The summed E-state index contributed by atoms with van der Waals surface area (Å²) < 4.78 is 88.4. The highest BCUT2D eigenvalue weighted by atomic mass is 35.5. The SMILES string of the molecule is CC(=Cc1ccc2c(c1)N(S(=O)(=O)c1cccc(C(F)(F)F)c1)CC(C(C)N)O2)c1c(F)cccc1Cl. The quantitative estimate of drug-likeness (QED) is 0.294. The minimum absolute atomic E-state index is 0.121. The van der Waals surface area contributed by atoms with Crippen LogP contribution in [0.5, 0.6) is 5.75 Å². The number of ether oxygens (including phenoxy) is 1. The molecule has 0 bridgehead atoms. The van der Waals surface area contributed by atoms with Crippen LogP contribution in [-0.4, -0.2) is 27.1 Å². The largest absolute Gasteiger partial charge is 0.485 e. The number of rotatable bonds is 5. The van der Waals surface area contributed by atoms with Crippen molar-refractivity contribution in [3.8, 4) is 5.75 Å². The number of nitrogens with two attached hydrogens (primary N) is 1. The topological polar surface area (TPSA) is 72.6 Å². The van der Waals surface area contributed by atoms with Crippen molar-refractivity contribution in [3.63, 3.8) is 0 Å². The molecule has 3 aromatic carbocycles. The fourth-order valence-corrected chi connectivity index (χ4v) is 5.88. The van der Waals surface area contributed by atoms with Gasteiger partial charge in [0.1, 0.15) is 17.7 Å². The molecule has 37 heavy (non-hydrogen) atoms. The molecule has 0 saturated heterocycles. The zero-order chi connectivity index (χ0) is 27.1. The second kappa shape index (κ2) is 10.00. The zero-order valence-corrected chi connectivity index (χ0v) is 21.3. The van der Waals surface area contributed by atoms with Crippen LogP contribution < -0.4 is 14.8 Å². The summed E-state index contributed by atoms with van der Waals surface area (Å²) in [5, 5.41) is 0.212. The third-order valence-corrected chi connectivity index (χ3v) is 8.04. The number of alkyl halides is 3. The first-order valence-electron chi connectivity index (χ1n) is 11.2. The molecule has 1 heterocycles. The molecule has 1 aliphatic rings. The number of hydrogen-bond donors (Lipinski definition) is 1. The van der Waals surface area contributed by atoms with Gasteiger partial charge in [0.25, 0.3) is 10.0 Å². The molecule has 0 spiro atoms. The summed E-state index contributed by atoms with van der Waals surface area (Å²) >= 11 is 6.17. The summed E-state index contributed by atoms with van der Waals surface area (Å²) in [6.07, 6.45) is -3.84. The van der Waals surface area contributed by atoms with Crippen LogP contribution in [0.3, 0.4) is 0 Å². The molecule has 2 N–H and O–H groups in total. The molecule has 0 fully saturated rings. The number of halogens is 5. The van der Waals surface area contributed by atoms with E-state index in [1.54, 1.807) is 38.1 Å². The summed E-state index contributed by atoms with van der Waals surface area (Å²) in [5.74, 6) is -0.320. The monoisotopic (exact) mass is 554 g/mol. The third kappa shape index (κ3) is 5.46. The van der Waals surface area contributed by atoms with E-state index >= 15 is 0 Å². The second-order valence-corrected chi connectivity index (χ2v) is 11.0. The molecule has 2 atom stereocenters. The molecule has 2 unspecified atom stereocenters. The fraction of sp³-hybridized carbons (Fsp3) is 0.231. The van der Waals surface area contributed by atoms with Crippen molar-refractivity contribution in [2.75, 3.05) is 10.8 Å². The molecule has 0 amide bonds. The van der Waals surface area contributed by atoms with Gasteiger partial charge in [-0.15, -0.1) is 0 Å². The van der Waals surface area contributed by atoms with Gasteiger partial charge < -0.3 is 10.5 Å². The Kier molecular flexibility index (Phi) is 7.29. The molecule has 4 rings (SSSR count). The summed E-state index contributed by atoms with van der Waals surface area (Å²) in [4.78, 5) is -0.520. The van der Waals surface area contributed by atoms with Gasteiger partial charge in [0.2, 0.25) is 0 Å². The van der Waals surface area contributed by atoms with Crippen LogP contribution in [0, 0.1) is 5.82 Å². The lowest BCUT2D eigenvalue weighted by atomic mass is 10.0. The first kappa shape index (κ1) is 27.0. The van der Waals surface area contributed by atoms with Gasteiger partial charge in [-0.3, -0.25) is 4.31 Å². The summed E-state index contributed by atoms with van der Waals surface area (Å²) in [6.45, 7) is 3.08. The van der Waals surface area contributed by atoms with Crippen molar-refractivity contribution in [1.82, 2.24) is 0 Å². The summed E-state index contributed by atoms with van der Waals surface area (Å²) in [7, 11) is -4.44. The maximum Gasteiger partial charge on any atom is 0.416 e. The number of sulfonamides is 1. The Hall–Kier alpha value is -3.08. The smallest absolute Gasteiger partial charge is 0.416 e. The van der Waals surface area contributed by atoms with Crippen molar-refractivity contribution < 1.29 is 30.7 Å². The third-order valence-electron chi connectivity index (χ3n) is 5.95. The number of allylic oxidation sites excluding steroid dienone is 1. The number of fused-ring (bicyclic) bond motifs is 1. The van der Waals surface area contributed by atoms with Crippen LogP contribution in [0.15, 0.2) is 65.6 Å². The van der Waals surface area contributed by atoms with Crippen molar-refractivity contribution in [2.45, 2.75) is 37.1 Å². The molecule has 196 valence electrons. The number of anilines is 1. The van der Waals surface area contributed by atoms with E-state index in [4.69, 9.17) is 22.1 Å². The maximum absolute atomic E-state index is 14.4. The molecule has 3 aromatic rings. The maximum atomic E-state index is 14.4. The standard InChI is InChI=1S/C26H23ClF4N2O3S/c1-15(25-20(27)7-4-8-21(25)28)11-17-9-10-23-22(12-17)33(14-24(36-23)16(2)32)37(34,35)19-6-3-5-18(13-19)26(29,30)31/h3-13,16,24H,14,32H2,1-2H3. The second-order valence-electron chi connectivity index (χ2n) is 8.73.